The third-order valence-electron chi connectivity index (χ3n) is 5.27. The molecule has 2 aromatic rings. The maximum atomic E-state index is 12.5. The number of sulfonamides is 1. The van der Waals surface area contributed by atoms with Crippen molar-refractivity contribution in [3.63, 3.8) is 0 Å². The van der Waals surface area contributed by atoms with Gasteiger partial charge in [-0.05, 0) is 50.1 Å². The topological polar surface area (TPSA) is 66.9 Å². The Morgan fingerprint density at radius 1 is 0.964 bits per heavy atom. The van der Waals surface area contributed by atoms with Crippen molar-refractivity contribution in [1.82, 2.24) is 9.21 Å². The molecule has 2 aliphatic rings. The Labute approximate surface area is 165 Å². The minimum absolute atomic E-state index is 0.125. The van der Waals surface area contributed by atoms with E-state index in [1.165, 1.54) is 6.07 Å². The van der Waals surface area contributed by atoms with E-state index < -0.39 is 15.9 Å². The molecule has 4 rings (SSSR count). The number of carbonyl (C=O) groups is 1. The second-order valence-electron chi connectivity index (χ2n) is 7.23. The highest BCUT2D eigenvalue weighted by Gasteiger charge is 2.40. The van der Waals surface area contributed by atoms with E-state index in [0.717, 1.165) is 42.5 Å². The second-order valence-corrected chi connectivity index (χ2v) is 9.06. The fourth-order valence-corrected chi connectivity index (χ4v) is 5.44. The number of likely N-dealkylation sites (tertiary alicyclic amines) is 1. The summed E-state index contributed by atoms with van der Waals surface area (Å²) in [5, 5.41) is 0. The van der Waals surface area contributed by atoms with E-state index >= 15 is 0 Å². The lowest BCUT2D eigenvalue weighted by molar-refractivity contribution is 0.0869. The van der Waals surface area contributed by atoms with E-state index in [4.69, 9.17) is 4.74 Å². The molecule has 1 atom stereocenters. The average molecular weight is 401 g/mol. The van der Waals surface area contributed by atoms with E-state index in [2.05, 4.69) is 4.90 Å². The normalized spacial score (nSPS) is 21.1. The van der Waals surface area contributed by atoms with Crippen LogP contribution in [0.25, 0.3) is 0 Å². The van der Waals surface area contributed by atoms with Gasteiger partial charge in [0, 0.05) is 19.6 Å². The maximum absolute atomic E-state index is 12.5. The standard InChI is InChI=1S/C21H24N2O4S/c24-21-19-10-4-5-11-20(19)28(25,26)23(21)14-7-6-13-22-15-12-18(16-22)27-17-8-2-1-3-9-17/h1-5,8-11,18H,6-7,12-16H2. The number of amides is 1. The number of unbranched alkanes of at least 4 members (excludes halogenated alkanes) is 1. The van der Waals surface area contributed by atoms with Gasteiger partial charge in [-0.25, -0.2) is 12.7 Å². The van der Waals surface area contributed by atoms with Crippen molar-refractivity contribution in [2.75, 3.05) is 26.2 Å². The molecule has 6 nitrogen and oxygen atoms in total. The van der Waals surface area contributed by atoms with Gasteiger partial charge in [0.15, 0.2) is 0 Å². The third-order valence-corrected chi connectivity index (χ3v) is 7.11. The number of rotatable bonds is 7. The van der Waals surface area contributed by atoms with Crippen molar-refractivity contribution >= 4 is 15.9 Å². The minimum Gasteiger partial charge on any atom is -0.489 e. The van der Waals surface area contributed by atoms with Crippen LogP contribution in [0.2, 0.25) is 0 Å². The molecule has 0 saturated carbocycles. The Morgan fingerprint density at radius 3 is 2.46 bits per heavy atom. The van der Waals surface area contributed by atoms with Crippen LogP contribution in [0.15, 0.2) is 59.5 Å². The van der Waals surface area contributed by atoms with Gasteiger partial charge in [-0.1, -0.05) is 30.3 Å². The molecule has 1 unspecified atom stereocenters. The smallest absolute Gasteiger partial charge is 0.269 e. The molecule has 0 radical (unpaired) electrons. The first-order valence-electron chi connectivity index (χ1n) is 9.66. The summed E-state index contributed by atoms with van der Waals surface area (Å²) in [6.45, 7) is 2.96. The quantitative estimate of drug-likeness (QED) is 0.669. The molecule has 7 heteroatoms. The van der Waals surface area contributed by atoms with Gasteiger partial charge in [0.05, 0.1) is 5.56 Å². The van der Waals surface area contributed by atoms with Crippen LogP contribution >= 0.6 is 0 Å². The van der Waals surface area contributed by atoms with Crippen molar-refractivity contribution in [1.29, 1.82) is 0 Å². The summed E-state index contributed by atoms with van der Waals surface area (Å²) < 4.78 is 32.1. The molecule has 1 fully saturated rings. The zero-order valence-corrected chi connectivity index (χ0v) is 16.5. The van der Waals surface area contributed by atoms with Gasteiger partial charge in [-0.3, -0.25) is 9.69 Å². The van der Waals surface area contributed by atoms with Crippen molar-refractivity contribution < 1.29 is 17.9 Å². The van der Waals surface area contributed by atoms with Crippen LogP contribution in [0.5, 0.6) is 5.75 Å². The van der Waals surface area contributed by atoms with Crippen LogP contribution < -0.4 is 4.74 Å². The highest BCUT2D eigenvalue weighted by Crippen LogP contribution is 2.30. The number of hydrogen-bond donors (Lipinski definition) is 0. The molecule has 2 aliphatic heterocycles. The summed E-state index contributed by atoms with van der Waals surface area (Å²) in [5.74, 6) is 0.486. The minimum atomic E-state index is -3.69. The first-order valence-corrected chi connectivity index (χ1v) is 11.1. The Bertz CT molecular complexity index is 946. The highest BCUT2D eigenvalue weighted by atomic mass is 32.2. The van der Waals surface area contributed by atoms with Crippen molar-refractivity contribution in [3.8, 4) is 5.75 Å². The van der Waals surface area contributed by atoms with E-state index in [-0.39, 0.29) is 23.1 Å². The van der Waals surface area contributed by atoms with Crippen molar-refractivity contribution in [2.45, 2.75) is 30.3 Å². The Balaban J connectivity index is 1.23. The fraction of sp³-hybridized carbons (Fsp3) is 0.381. The van der Waals surface area contributed by atoms with Gasteiger partial charge >= 0.3 is 0 Å². The lowest BCUT2D eigenvalue weighted by Crippen LogP contribution is -2.32. The molecule has 2 heterocycles. The molecule has 0 bridgehead atoms. The summed E-state index contributed by atoms with van der Waals surface area (Å²) in [4.78, 5) is 14.9. The lowest BCUT2D eigenvalue weighted by atomic mass is 10.2. The van der Waals surface area contributed by atoms with Crippen LogP contribution in [0.1, 0.15) is 29.6 Å². The van der Waals surface area contributed by atoms with Crippen LogP contribution in [0, 0.1) is 0 Å². The van der Waals surface area contributed by atoms with Crippen LogP contribution in [0.4, 0.5) is 0 Å². The lowest BCUT2D eigenvalue weighted by Gasteiger charge is -2.18. The predicted octanol–water partition coefficient (Wildman–Crippen LogP) is 2.76. The molecular weight excluding hydrogens is 376 g/mol. The predicted molar refractivity (Wildman–Crippen MR) is 106 cm³/mol. The zero-order valence-electron chi connectivity index (χ0n) is 15.7. The number of benzene rings is 2. The van der Waals surface area contributed by atoms with Gasteiger partial charge in [-0.15, -0.1) is 0 Å². The highest BCUT2D eigenvalue weighted by molar-refractivity contribution is 7.90. The molecule has 0 N–H and O–H groups in total. The van der Waals surface area contributed by atoms with Crippen molar-refractivity contribution in [2.24, 2.45) is 0 Å². The van der Waals surface area contributed by atoms with Gasteiger partial charge < -0.3 is 4.74 Å². The SMILES string of the molecule is O=C1c2ccccc2S(=O)(=O)N1CCCCN1CCC(Oc2ccccc2)C1. The summed E-state index contributed by atoms with van der Waals surface area (Å²) in [6.07, 6.45) is 2.67. The molecule has 28 heavy (non-hydrogen) atoms. The Morgan fingerprint density at radius 2 is 1.68 bits per heavy atom. The van der Waals surface area contributed by atoms with E-state index in [0.29, 0.717) is 6.42 Å². The summed E-state index contributed by atoms with van der Waals surface area (Å²) in [5.41, 5.74) is 0.281. The number of fused-ring (bicyclic) bond motifs is 1. The molecular formula is C21H24N2O4S. The van der Waals surface area contributed by atoms with Crippen LogP contribution in [-0.2, 0) is 10.0 Å². The number of nitrogens with zero attached hydrogens (tertiary/aromatic N) is 2. The summed E-state index contributed by atoms with van der Waals surface area (Å²) >= 11 is 0. The molecule has 0 aromatic heterocycles. The summed E-state index contributed by atoms with van der Waals surface area (Å²) in [6, 6.07) is 16.2. The molecule has 0 spiro atoms. The van der Waals surface area contributed by atoms with Gasteiger partial charge in [0.2, 0.25) is 0 Å². The average Bonchev–Trinajstić information content (AvgIpc) is 3.22. The Kier molecular flexibility index (Phi) is 5.37. The van der Waals surface area contributed by atoms with Crippen molar-refractivity contribution in [3.05, 3.63) is 60.2 Å². The van der Waals surface area contributed by atoms with E-state index in [1.807, 2.05) is 30.3 Å². The molecule has 148 valence electrons. The maximum Gasteiger partial charge on any atom is 0.269 e. The second kappa shape index (κ2) is 7.93. The van der Waals surface area contributed by atoms with Gasteiger partial charge in [-0.2, -0.15) is 0 Å². The molecule has 0 aliphatic carbocycles. The van der Waals surface area contributed by atoms with E-state index in [9.17, 15) is 13.2 Å². The largest absolute Gasteiger partial charge is 0.489 e. The number of carbonyl (C=O) groups excluding carboxylic acids is 1. The monoisotopic (exact) mass is 400 g/mol. The van der Waals surface area contributed by atoms with Crippen LogP contribution in [-0.4, -0.2) is 55.8 Å². The zero-order chi connectivity index (χ0) is 19.6. The first-order chi connectivity index (χ1) is 13.6. The molecule has 1 amide bonds. The van der Waals surface area contributed by atoms with Crippen LogP contribution in [0.3, 0.4) is 0 Å². The number of ether oxygens (including phenoxy) is 1. The van der Waals surface area contributed by atoms with E-state index in [1.54, 1.807) is 18.2 Å². The van der Waals surface area contributed by atoms with Gasteiger partial charge in [0.1, 0.15) is 16.7 Å². The summed E-state index contributed by atoms with van der Waals surface area (Å²) in [7, 11) is -3.69. The number of hydrogen-bond acceptors (Lipinski definition) is 5. The molecule has 1 saturated heterocycles. The third kappa shape index (κ3) is 3.77. The first kappa shape index (κ1) is 19.0. The Hall–Kier alpha value is -2.38. The van der Waals surface area contributed by atoms with Gasteiger partial charge in [0.25, 0.3) is 15.9 Å². The number of para-hydroxylation sites is 1. The fourth-order valence-electron chi connectivity index (χ4n) is 3.83. The molecule has 2 aromatic carbocycles.